The quantitative estimate of drug-likeness (QED) is 0.337. The van der Waals surface area contributed by atoms with E-state index in [4.69, 9.17) is 9.47 Å². The lowest BCUT2D eigenvalue weighted by atomic mass is 10.0. The summed E-state index contributed by atoms with van der Waals surface area (Å²) in [7, 11) is 0. The highest BCUT2D eigenvalue weighted by atomic mass is 32.1. The van der Waals surface area contributed by atoms with Crippen molar-refractivity contribution in [2.75, 3.05) is 26.4 Å². The van der Waals surface area contributed by atoms with Crippen LogP contribution in [0.25, 0.3) is 0 Å². The minimum Gasteiger partial charge on any atom is -0.379 e. The Bertz CT molecular complexity index is 920. The molecule has 10 heteroatoms. The zero-order valence-electron chi connectivity index (χ0n) is 20.1. The third-order valence-corrected chi connectivity index (χ3v) is 6.49. The summed E-state index contributed by atoms with van der Waals surface area (Å²) in [5.74, 6) is 0. The van der Waals surface area contributed by atoms with Gasteiger partial charge in [-0.3, -0.25) is 18.3 Å². The van der Waals surface area contributed by atoms with Gasteiger partial charge in [0.25, 0.3) is 0 Å². The molecule has 182 valence electrons. The van der Waals surface area contributed by atoms with E-state index in [2.05, 4.69) is 25.3 Å². The smallest absolute Gasteiger partial charge is 0.329 e. The van der Waals surface area contributed by atoms with Gasteiger partial charge in [0.05, 0.1) is 23.3 Å². The topological polar surface area (TPSA) is 72.3 Å². The van der Waals surface area contributed by atoms with Crippen molar-refractivity contribution in [3.63, 3.8) is 0 Å². The number of aryl methyl sites for hydroxylation is 2. The van der Waals surface area contributed by atoms with Crippen LogP contribution in [0, 0.1) is 0 Å². The van der Waals surface area contributed by atoms with E-state index < -0.39 is 11.1 Å². The number of imidazole rings is 2. The highest BCUT2D eigenvalue weighted by Crippen LogP contribution is 2.23. The van der Waals surface area contributed by atoms with Crippen molar-refractivity contribution in [1.82, 2.24) is 18.3 Å². The molecule has 2 heterocycles. The van der Waals surface area contributed by atoms with E-state index in [1.807, 2.05) is 41.5 Å². The number of aromatic nitrogens is 4. The maximum atomic E-state index is 12.5. The van der Waals surface area contributed by atoms with Gasteiger partial charge in [-0.05, 0) is 54.4 Å². The summed E-state index contributed by atoms with van der Waals surface area (Å²) >= 11 is 8.92. The van der Waals surface area contributed by atoms with Crippen molar-refractivity contribution in [2.24, 2.45) is 0 Å². The van der Waals surface area contributed by atoms with Crippen molar-refractivity contribution in [1.29, 1.82) is 0 Å². The van der Waals surface area contributed by atoms with Crippen molar-refractivity contribution in [3.8, 4) is 0 Å². The minimum atomic E-state index is -0.397. The fourth-order valence-electron chi connectivity index (χ4n) is 3.74. The molecule has 0 saturated heterocycles. The van der Waals surface area contributed by atoms with Gasteiger partial charge in [0.1, 0.15) is 0 Å². The molecule has 0 N–H and O–H groups in total. The van der Waals surface area contributed by atoms with Crippen LogP contribution in [0.1, 0.15) is 54.4 Å². The van der Waals surface area contributed by atoms with Crippen molar-refractivity contribution in [3.05, 3.63) is 33.4 Å². The summed E-state index contributed by atoms with van der Waals surface area (Å²) in [5.41, 5.74) is -0.893. The predicted octanol–water partition coefficient (Wildman–Crippen LogP) is 3.21. The van der Waals surface area contributed by atoms with Crippen LogP contribution in [-0.4, -0.2) is 44.7 Å². The van der Waals surface area contributed by atoms with Crippen molar-refractivity contribution < 1.29 is 9.47 Å². The van der Waals surface area contributed by atoms with Crippen LogP contribution in [0.5, 0.6) is 0 Å². The van der Waals surface area contributed by atoms with Gasteiger partial charge in [-0.25, -0.2) is 9.59 Å². The third kappa shape index (κ3) is 6.15. The van der Waals surface area contributed by atoms with E-state index in [1.54, 1.807) is 30.7 Å². The second kappa shape index (κ2) is 11.2. The van der Waals surface area contributed by atoms with Crippen LogP contribution >= 0.6 is 25.3 Å². The van der Waals surface area contributed by atoms with E-state index in [0.717, 1.165) is 0 Å². The highest BCUT2D eigenvalue weighted by Gasteiger charge is 2.26. The lowest BCUT2D eigenvalue weighted by molar-refractivity contribution is 0.0289. The van der Waals surface area contributed by atoms with E-state index >= 15 is 0 Å². The molecule has 0 aliphatic rings. The highest BCUT2D eigenvalue weighted by molar-refractivity contribution is 7.80. The largest absolute Gasteiger partial charge is 0.379 e. The zero-order chi connectivity index (χ0) is 24.1. The van der Waals surface area contributed by atoms with Crippen molar-refractivity contribution in [2.45, 2.75) is 88.6 Å². The van der Waals surface area contributed by atoms with Crippen LogP contribution in [-0.2, 0) is 33.6 Å². The van der Waals surface area contributed by atoms with Gasteiger partial charge in [-0.15, -0.1) is 25.3 Å². The number of rotatable bonds is 13. The second-order valence-electron chi connectivity index (χ2n) is 9.13. The summed E-state index contributed by atoms with van der Waals surface area (Å²) < 4.78 is 18.2. The molecule has 0 aliphatic carbocycles. The predicted molar refractivity (Wildman–Crippen MR) is 133 cm³/mol. The molecule has 0 aromatic carbocycles. The average Bonchev–Trinajstić information content (AvgIpc) is 3.18. The Morgan fingerprint density at radius 2 is 1.06 bits per heavy atom. The fourth-order valence-corrected chi connectivity index (χ4v) is 4.73. The van der Waals surface area contributed by atoms with Crippen LogP contribution in [0.4, 0.5) is 0 Å². The molecule has 0 radical (unpaired) electrons. The van der Waals surface area contributed by atoms with Gasteiger partial charge >= 0.3 is 11.4 Å². The maximum Gasteiger partial charge on any atom is 0.329 e. The molecule has 32 heavy (non-hydrogen) atoms. The minimum absolute atomic E-state index is 0.0498. The molecule has 2 aromatic heterocycles. The standard InChI is InChI=1S/C22H38N4O4S2/c1-7-23-15-17(31)25(19(23)27)21(3,4)9-11-29-13-14-30-12-10-22(5,6)26-18(32)16-24(8-2)20(26)28/h15-16,31-32H,7-14H2,1-6H3. The first-order chi connectivity index (χ1) is 15.0. The normalized spacial score (nSPS) is 12.6. The molecule has 0 atom stereocenters. The van der Waals surface area contributed by atoms with Gasteiger partial charge in [-0.2, -0.15) is 0 Å². The second-order valence-corrected chi connectivity index (χ2v) is 10.0. The van der Waals surface area contributed by atoms with Crippen LogP contribution in [0.15, 0.2) is 32.0 Å². The number of hydrogen-bond donors (Lipinski definition) is 2. The molecular weight excluding hydrogens is 448 g/mol. The molecule has 2 rings (SSSR count). The molecule has 0 unspecified atom stereocenters. The number of thiol groups is 2. The SMILES string of the molecule is CCn1cc(S)n(C(C)(C)CCOCCOCCC(C)(C)n2c(S)cn(CC)c2=O)c1=O. The van der Waals surface area contributed by atoms with Gasteiger partial charge in [-0.1, -0.05) is 0 Å². The zero-order valence-corrected chi connectivity index (χ0v) is 21.9. The van der Waals surface area contributed by atoms with E-state index in [9.17, 15) is 9.59 Å². The summed E-state index contributed by atoms with van der Waals surface area (Å²) in [4.78, 5) is 25.0. The number of nitrogens with zero attached hydrogens (tertiary/aromatic N) is 4. The Kier molecular flexibility index (Phi) is 9.39. The van der Waals surface area contributed by atoms with Gasteiger partial charge in [0, 0.05) is 49.8 Å². The Labute approximate surface area is 201 Å². The lowest BCUT2D eigenvalue weighted by Crippen LogP contribution is -2.38. The monoisotopic (exact) mass is 486 g/mol. The number of hydrogen-bond acceptors (Lipinski definition) is 6. The summed E-state index contributed by atoms with van der Waals surface area (Å²) in [6.45, 7) is 15.1. The Morgan fingerprint density at radius 3 is 1.34 bits per heavy atom. The third-order valence-electron chi connectivity index (χ3n) is 5.86. The molecule has 0 fully saturated rings. The number of ether oxygens (including phenoxy) is 2. The Morgan fingerprint density at radius 1 is 0.719 bits per heavy atom. The summed E-state index contributed by atoms with van der Waals surface area (Å²) in [5, 5.41) is 1.32. The van der Waals surface area contributed by atoms with E-state index in [1.165, 1.54) is 0 Å². The molecule has 0 aliphatic heterocycles. The first kappa shape index (κ1) is 26.9. The fraction of sp³-hybridized carbons (Fsp3) is 0.727. The van der Waals surface area contributed by atoms with Crippen LogP contribution in [0.3, 0.4) is 0 Å². The van der Waals surface area contributed by atoms with Crippen LogP contribution < -0.4 is 11.4 Å². The molecular formula is C22H38N4O4S2. The van der Waals surface area contributed by atoms with E-state index in [0.29, 0.717) is 62.4 Å². The molecule has 0 spiro atoms. The molecule has 0 bridgehead atoms. The van der Waals surface area contributed by atoms with Crippen molar-refractivity contribution >= 4 is 25.3 Å². The molecule has 0 saturated carbocycles. The molecule has 2 aromatic rings. The molecule has 8 nitrogen and oxygen atoms in total. The summed E-state index contributed by atoms with van der Waals surface area (Å²) in [6.07, 6.45) is 4.91. The maximum absolute atomic E-state index is 12.5. The lowest BCUT2D eigenvalue weighted by Gasteiger charge is -2.27. The summed E-state index contributed by atoms with van der Waals surface area (Å²) in [6, 6.07) is 0. The first-order valence-electron chi connectivity index (χ1n) is 11.1. The Balaban J connectivity index is 1.74. The van der Waals surface area contributed by atoms with E-state index in [-0.39, 0.29) is 11.4 Å². The van der Waals surface area contributed by atoms with Gasteiger partial charge in [0.2, 0.25) is 0 Å². The molecule has 0 amide bonds. The first-order valence-corrected chi connectivity index (χ1v) is 12.0. The van der Waals surface area contributed by atoms with Crippen LogP contribution in [0.2, 0.25) is 0 Å². The van der Waals surface area contributed by atoms with Gasteiger partial charge in [0.15, 0.2) is 0 Å². The van der Waals surface area contributed by atoms with Gasteiger partial charge < -0.3 is 9.47 Å². The Hall–Kier alpha value is -1.36. The average molecular weight is 487 g/mol.